The van der Waals surface area contributed by atoms with Crippen molar-refractivity contribution in [3.05, 3.63) is 137 Å². The van der Waals surface area contributed by atoms with Crippen LogP contribution >= 0.6 is 0 Å². The molecule has 1 unspecified atom stereocenters. The van der Waals surface area contributed by atoms with Gasteiger partial charge >= 0.3 is 0 Å². The van der Waals surface area contributed by atoms with Crippen molar-refractivity contribution in [2.75, 3.05) is 7.11 Å². The van der Waals surface area contributed by atoms with E-state index in [1.54, 1.807) is 12.1 Å². The Balaban J connectivity index is 1.41. The molecule has 0 saturated heterocycles. The van der Waals surface area contributed by atoms with Gasteiger partial charge in [-0.2, -0.15) is 5.10 Å². The molecule has 1 aromatic carbocycles. The van der Waals surface area contributed by atoms with Crippen LogP contribution in [-0.4, -0.2) is 44.5 Å². The smallest absolute Gasteiger partial charge is 0.272 e. The second-order valence-electron chi connectivity index (χ2n) is 10.9. The van der Waals surface area contributed by atoms with E-state index in [1.807, 2.05) is 0 Å². The van der Waals surface area contributed by atoms with Gasteiger partial charge in [-0.3, -0.25) is 33.8 Å². The normalized spacial score (nSPS) is 16.9. The Kier molecular flexibility index (Phi) is 6.03. The van der Waals surface area contributed by atoms with Gasteiger partial charge < -0.3 is 25.0 Å². The van der Waals surface area contributed by atoms with Crippen molar-refractivity contribution in [2.24, 2.45) is 5.10 Å². The molecule has 2 heterocycles. The molecule has 0 bridgehead atoms. The zero-order chi connectivity index (χ0) is 32.7. The van der Waals surface area contributed by atoms with E-state index in [-0.39, 0.29) is 40.4 Å². The number of aromatic amines is 1. The summed E-state index contributed by atoms with van der Waals surface area (Å²) in [5.74, 6) is -3.21. The van der Waals surface area contributed by atoms with Crippen LogP contribution in [0.25, 0.3) is 22.3 Å². The fourth-order valence-electron chi connectivity index (χ4n) is 6.56. The number of carbonyl (C=O) groups is 1. The van der Waals surface area contributed by atoms with E-state index in [9.17, 15) is 44.1 Å². The van der Waals surface area contributed by atoms with Gasteiger partial charge in [0, 0.05) is 24.0 Å². The number of methoxy groups -OCH3 is 1. The minimum absolute atomic E-state index is 0.105. The van der Waals surface area contributed by atoms with Crippen LogP contribution in [0.5, 0.6) is 11.5 Å². The fourth-order valence-corrected chi connectivity index (χ4v) is 6.56. The number of amides is 1. The first kappa shape index (κ1) is 28.3. The molecular formula is C32H20N4O10. The Bertz CT molecular complexity index is 2710. The van der Waals surface area contributed by atoms with Gasteiger partial charge in [0.2, 0.25) is 16.3 Å². The Hall–Kier alpha value is -6.44. The number of aryl methyl sites for hydroxylation is 1. The van der Waals surface area contributed by atoms with E-state index in [4.69, 9.17) is 4.74 Å². The molecule has 1 amide bonds. The minimum Gasteiger partial charge on any atom is -0.510 e. The summed E-state index contributed by atoms with van der Waals surface area (Å²) < 4.78 is 4.89. The number of aliphatic hydroxyl groups is 2. The quantitative estimate of drug-likeness (QED) is 0.117. The third-order valence-corrected chi connectivity index (χ3v) is 8.57. The van der Waals surface area contributed by atoms with Crippen LogP contribution in [0.2, 0.25) is 0 Å². The summed E-state index contributed by atoms with van der Waals surface area (Å²) in [6, 6.07) is 6.92. The number of aliphatic hydroxyl groups excluding tert-OH is 2. The molecule has 2 aromatic heterocycles. The largest absolute Gasteiger partial charge is 0.510 e. The van der Waals surface area contributed by atoms with Gasteiger partial charge in [-0.05, 0) is 42.0 Å². The van der Waals surface area contributed by atoms with Crippen LogP contribution in [0, 0.1) is 10.4 Å². The summed E-state index contributed by atoms with van der Waals surface area (Å²) in [6.45, 7) is 0. The maximum atomic E-state index is 13.6. The van der Waals surface area contributed by atoms with Crippen molar-refractivity contribution >= 4 is 34.4 Å². The van der Waals surface area contributed by atoms with E-state index < -0.39 is 82.5 Å². The van der Waals surface area contributed by atoms with E-state index in [0.717, 1.165) is 13.2 Å². The predicted octanol–water partition coefficient (Wildman–Crippen LogP) is -1.33. The Labute approximate surface area is 253 Å². The molecule has 1 spiro atoms. The van der Waals surface area contributed by atoms with E-state index >= 15 is 0 Å². The van der Waals surface area contributed by atoms with Crippen LogP contribution < -0.4 is 47.9 Å². The highest BCUT2D eigenvalue weighted by Crippen LogP contribution is 2.54. The highest BCUT2D eigenvalue weighted by molar-refractivity contribution is 5.97. The monoisotopic (exact) mass is 620 g/mol. The molecule has 4 aliphatic carbocycles. The number of fused-ring (bicyclic) bond motifs is 4. The summed E-state index contributed by atoms with van der Waals surface area (Å²) in [7, 11) is 1.11. The second kappa shape index (κ2) is 9.79. The number of phenols is 1. The average molecular weight is 621 g/mol. The molecule has 1 atom stereocenters. The van der Waals surface area contributed by atoms with Gasteiger partial charge in [0.05, 0.1) is 50.8 Å². The van der Waals surface area contributed by atoms with Crippen LogP contribution in [0.15, 0.2) is 71.8 Å². The van der Waals surface area contributed by atoms with Gasteiger partial charge in [0.15, 0.2) is 11.2 Å². The molecule has 228 valence electrons. The summed E-state index contributed by atoms with van der Waals surface area (Å²) >= 11 is 0. The maximum absolute atomic E-state index is 13.6. The van der Waals surface area contributed by atoms with Gasteiger partial charge in [0.1, 0.15) is 22.7 Å². The Morgan fingerprint density at radius 2 is 1.72 bits per heavy atom. The number of pyridine rings is 2. The number of carbonyl (C=O) groups excluding carboxylic acids is 1. The zero-order valence-electron chi connectivity index (χ0n) is 23.6. The van der Waals surface area contributed by atoms with E-state index in [2.05, 4.69) is 20.5 Å². The lowest BCUT2D eigenvalue weighted by molar-refractivity contribution is 0.0954. The fraction of sp³-hybridized carbons (Fsp3) is 0.125. The third kappa shape index (κ3) is 3.63. The molecule has 4 aliphatic rings. The Morgan fingerprint density at radius 3 is 2.39 bits per heavy atom. The molecule has 7 rings (SSSR count). The van der Waals surface area contributed by atoms with E-state index in [1.165, 1.54) is 30.7 Å². The summed E-state index contributed by atoms with van der Waals surface area (Å²) in [5.41, 5.74) is -4.07. The lowest BCUT2D eigenvalue weighted by atomic mass is 9.78. The summed E-state index contributed by atoms with van der Waals surface area (Å²) in [5, 5.41) is 35.6. The zero-order valence-corrected chi connectivity index (χ0v) is 23.6. The van der Waals surface area contributed by atoms with Gasteiger partial charge in [-0.1, -0.05) is 6.07 Å². The molecule has 0 radical (unpaired) electrons. The number of nitrogens with one attached hydrogen (secondary N) is 2. The number of H-pyrrole nitrogens is 1. The highest BCUT2D eigenvalue weighted by atomic mass is 16.5. The lowest BCUT2D eigenvalue weighted by Gasteiger charge is -2.27. The molecular weight excluding hydrogens is 600 g/mol. The predicted molar refractivity (Wildman–Crippen MR) is 163 cm³/mol. The molecule has 0 saturated carbocycles. The molecule has 5 N–H and O–H groups in total. The number of hydrazone groups is 1. The highest BCUT2D eigenvalue weighted by Gasteiger charge is 2.53. The number of nitrogens with zero attached hydrogens (tertiary/aromatic N) is 2. The lowest BCUT2D eigenvalue weighted by Crippen LogP contribution is -2.51. The van der Waals surface area contributed by atoms with Gasteiger partial charge in [-0.25, -0.2) is 5.43 Å². The molecule has 46 heavy (non-hydrogen) atoms. The number of rotatable bonds is 4. The van der Waals surface area contributed by atoms with Crippen molar-refractivity contribution in [3.63, 3.8) is 0 Å². The molecule has 14 nitrogen and oxygen atoms in total. The molecule has 14 heteroatoms. The average Bonchev–Trinajstić information content (AvgIpc) is 3.53. The molecule has 0 fully saturated rings. The Morgan fingerprint density at radius 1 is 1.00 bits per heavy atom. The number of hydrogen-bond donors (Lipinski definition) is 5. The van der Waals surface area contributed by atoms with Crippen LogP contribution in [-0.2, 0) is 11.8 Å². The SMILES string of the molecule is COc1cc(=O)c2c(=O)c3c(c(=O)c=2c1=O)=C(O)C1(CCc2cc4cc(/C=N/NC(=O)c5cccnc5)[nH]c(=O)c4c(O)c21)C=3O. The number of ether oxygens (including phenoxy) is 1. The van der Waals surface area contributed by atoms with Crippen LogP contribution in [0.1, 0.15) is 33.6 Å². The topological polar surface area (TPSA) is 225 Å². The maximum Gasteiger partial charge on any atom is 0.272 e. The number of aromatic hydroxyl groups is 1. The summed E-state index contributed by atoms with van der Waals surface area (Å²) in [4.78, 5) is 84.8. The number of benzene rings is 1. The minimum atomic E-state index is -2.01. The van der Waals surface area contributed by atoms with Crippen molar-refractivity contribution in [1.82, 2.24) is 15.4 Å². The van der Waals surface area contributed by atoms with Crippen molar-refractivity contribution in [1.29, 1.82) is 0 Å². The summed E-state index contributed by atoms with van der Waals surface area (Å²) in [6.07, 6.45) is 4.04. The van der Waals surface area contributed by atoms with Gasteiger partial charge in [0.25, 0.3) is 11.5 Å². The first-order valence-electron chi connectivity index (χ1n) is 13.7. The number of hydrogen-bond acceptors (Lipinski definition) is 12. The molecule has 3 aromatic rings. The van der Waals surface area contributed by atoms with Crippen LogP contribution in [0.3, 0.4) is 0 Å². The third-order valence-electron chi connectivity index (χ3n) is 8.57. The van der Waals surface area contributed by atoms with Crippen molar-refractivity contribution in [2.45, 2.75) is 18.3 Å². The van der Waals surface area contributed by atoms with Crippen molar-refractivity contribution in [3.8, 4) is 11.5 Å². The van der Waals surface area contributed by atoms with Crippen LogP contribution in [0.4, 0.5) is 0 Å². The standard InChI is InChI=1S/C32H20N4O10/c1-46-17-9-16(37)19-20(24(17)38)26(40)22-21(25(19)39)28(42)32(29(22)43)5-4-12-7-14-8-15(35-31(45)18(14)27(41)23(12)32)11-34-36-30(44)13-3-2-6-33-10-13/h2-3,6-11,41-43H,4-5H2,1H3,(H,35,45)(H,36,44)/b34-11+. The van der Waals surface area contributed by atoms with Crippen molar-refractivity contribution < 1.29 is 24.9 Å². The molecule has 0 aliphatic heterocycles. The van der Waals surface area contributed by atoms with Gasteiger partial charge in [-0.15, -0.1) is 0 Å². The first-order valence-corrected chi connectivity index (χ1v) is 13.7. The number of aromatic nitrogens is 2. The van der Waals surface area contributed by atoms with E-state index in [0.29, 0.717) is 5.56 Å². The first-order chi connectivity index (χ1) is 22.0. The number of phenolic OH excluding ortho intramolecular Hbond substituents is 1. The second-order valence-corrected chi connectivity index (χ2v) is 10.9.